The van der Waals surface area contributed by atoms with E-state index in [1.807, 2.05) is 54.6 Å². The number of pyridine rings is 1. The molecule has 0 atom stereocenters. The molecule has 1 N–H and O–H groups in total. The molecule has 6 rings (SSSR count). The molecule has 1 aromatic carbocycles. The largest absolute Gasteiger partial charge is 0.467 e. The van der Waals surface area contributed by atoms with Crippen LogP contribution in [0.15, 0.2) is 80.7 Å². The van der Waals surface area contributed by atoms with E-state index < -0.39 is 0 Å². The molecule has 8 nitrogen and oxygen atoms in total. The number of rotatable bonds is 7. The number of anilines is 1. The number of nitrogens with zero attached hydrogens (tertiary/aromatic N) is 4. The fraction of sp³-hybridized carbons (Fsp3) is 0.296. The molecule has 0 saturated carbocycles. The van der Waals surface area contributed by atoms with E-state index in [-0.39, 0.29) is 5.63 Å². The fourth-order valence-corrected chi connectivity index (χ4v) is 4.82. The topological polar surface area (TPSA) is 89.3 Å². The number of benzene rings is 1. The van der Waals surface area contributed by atoms with Crippen LogP contribution in [0, 0.1) is 0 Å². The van der Waals surface area contributed by atoms with Crippen molar-refractivity contribution in [1.29, 1.82) is 0 Å². The number of hydrogen-bond donors (Lipinski definition) is 1. The summed E-state index contributed by atoms with van der Waals surface area (Å²) in [4.78, 5) is 24.1. The van der Waals surface area contributed by atoms with Crippen molar-refractivity contribution in [3.05, 3.63) is 88.8 Å². The van der Waals surface area contributed by atoms with Crippen LogP contribution in [0.2, 0.25) is 0 Å². The average molecular weight is 470 g/mol. The molecule has 5 heterocycles. The van der Waals surface area contributed by atoms with Crippen LogP contribution in [-0.4, -0.2) is 45.1 Å². The highest BCUT2D eigenvalue weighted by Crippen LogP contribution is 2.23. The zero-order valence-corrected chi connectivity index (χ0v) is 19.4. The number of furan rings is 1. The summed E-state index contributed by atoms with van der Waals surface area (Å²) in [7, 11) is 0. The minimum atomic E-state index is -0.232. The van der Waals surface area contributed by atoms with Gasteiger partial charge < -0.3 is 19.1 Å². The van der Waals surface area contributed by atoms with E-state index in [0.29, 0.717) is 24.6 Å². The van der Waals surface area contributed by atoms with Gasteiger partial charge >= 0.3 is 5.63 Å². The molecule has 178 valence electrons. The van der Waals surface area contributed by atoms with Gasteiger partial charge in [0.15, 0.2) is 5.65 Å². The van der Waals surface area contributed by atoms with E-state index in [1.54, 1.807) is 12.5 Å². The Morgan fingerprint density at radius 2 is 1.94 bits per heavy atom. The van der Waals surface area contributed by atoms with Gasteiger partial charge in [0.2, 0.25) is 5.95 Å². The normalized spacial score (nSPS) is 15.2. The quantitative estimate of drug-likeness (QED) is 0.356. The van der Waals surface area contributed by atoms with E-state index in [4.69, 9.17) is 13.8 Å². The lowest BCUT2D eigenvalue weighted by Gasteiger charge is -2.32. The van der Waals surface area contributed by atoms with Crippen LogP contribution in [0.3, 0.4) is 0 Å². The first-order valence-electron chi connectivity index (χ1n) is 12.1. The van der Waals surface area contributed by atoms with Crippen LogP contribution < -0.4 is 10.9 Å². The summed E-state index contributed by atoms with van der Waals surface area (Å²) in [6.07, 6.45) is 6.18. The average Bonchev–Trinajstić information content (AvgIpc) is 3.52. The second-order valence-electron chi connectivity index (χ2n) is 9.05. The first-order valence-corrected chi connectivity index (χ1v) is 12.1. The number of piperidine rings is 1. The maximum absolute atomic E-state index is 12.4. The first-order chi connectivity index (χ1) is 17.2. The Labute approximate surface area is 202 Å². The van der Waals surface area contributed by atoms with Gasteiger partial charge in [0.05, 0.1) is 12.8 Å². The summed E-state index contributed by atoms with van der Waals surface area (Å²) in [5.74, 6) is 1.69. The molecule has 8 heteroatoms. The van der Waals surface area contributed by atoms with Gasteiger partial charge in [-0.2, -0.15) is 0 Å². The molecule has 1 fully saturated rings. The van der Waals surface area contributed by atoms with Gasteiger partial charge in [0.25, 0.3) is 0 Å². The fourth-order valence-electron chi connectivity index (χ4n) is 4.82. The third-order valence-electron chi connectivity index (χ3n) is 6.73. The predicted molar refractivity (Wildman–Crippen MR) is 135 cm³/mol. The summed E-state index contributed by atoms with van der Waals surface area (Å²) in [5.41, 5.74) is 2.86. The van der Waals surface area contributed by atoms with Crippen molar-refractivity contribution >= 4 is 28.1 Å². The summed E-state index contributed by atoms with van der Waals surface area (Å²) >= 11 is 0. The molecular weight excluding hydrogens is 442 g/mol. The Morgan fingerprint density at radius 1 is 1.06 bits per heavy atom. The Kier molecular flexibility index (Phi) is 5.79. The van der Waals surface area contributed by atoms with Crippen LogP contribution in [0.4, 0.5) is 5.95 Å². The summed E-state index contributed by atoms with van der Waals surface area (Å²) in [6.45, 7) is 3.35. The maximum atomic E-state index is 12.4. The van der Waals surface area contributed by atoms with Gasteiger partial charge in [0.1, 0.15) is 16.9 Å². The molecule has 1 aliphatic rings. The van der Waals surface area contributed by atoms with Gasteiger partial charge in [-0.1, -0.05) is 18.2 Å². The van der Waals surface area contributed by atoms with Gasteiger partial charge in [-0.15, -0.1) is 0 Å². The number of aromatic nitrogens is 3. The standard InChI is InChI=1S/C27H27N5O3/c33-26-20(17-19-5-1-2-8-24(19)35-26)9-13-31-14-10-21(11-15-31)29-27-30-23-7-3-12-28-25(23)32(27)18-22-6-4-16-34-22/h1-8,12,16-17,21H,9-11,13-15,18H2,(H,29,30). The second kappa shape index (κ2) is 9.38. The number of para-hydroxylation sites is 1. The molecule has 0 bridgehead atoms. The molecule has 35 heavy (non-hydrogen) atoms. The van der Waals surface area contributed by atoms with Crippen molar-refractivity contribution < 1.29 is 8.83 Å². The number of imidazole rings is 1. The van der Waals surface area contributed by atoms with E-state index in [1.165, 1.54) is 0 Å². The van der Waals surface area contributed by atoms with Gasteiger partial charge in [-0.3, -0.25) is 4.57 Å². The summed E-state index contributed by atoms with van der Waals surface area (Å²) in [6, 6.07) is 17.7. The third-order valence-corrected chi connectivity index (χ3v) is 6.73. The molecule has 1 aliphatic heterocycles. The number of nitrogens with one attached hydrogen (secondary N) is 1. The zero-order chi connectivity index (χ0) is 23.6. The van der Waals surface area contributed by atoms with Crippen LogP contribution in [-0.2, 0) is 13.0 Å². The van der Waals surface area contributed by atoms with Crippen molar-refractivity contribution in [2.45, 2.75) is 31.8 Å². The lowest BCUT2D eigenvalue weighted by atomic mass is 10.0. The highest BCUT2D eigenvalue weighted by atomic mass is 16.4. The highest BCUT2D eigenvalue weighted by molar-refractivity contribution is 5.76. The Balaban J connectivity index is 1.10. The van der Waals surface area contributed by atoms with Crippen molar-refractivity contribution in [2.24, 2.45) is 0 Å². The van der Waals surface area contributed by atoms with Crippen molar-refractivity contribution in [1.82, 2.24) is 19.4 Å². The number of fused-ring (bicyclic) bond motifs is 2. The van der Waals surface area contributed by atoms with Crippen molar-refractivity contribution in [3.63, 3.8) is 0 Å². The van der Waals surface area contributed by atoms with E-state index in [9.17, 15) is 4.79 Å². The first kappa shape index (κ1) is 21.6. The molecule has 1 saturated heterocycles. The van der Waals surface area contributed by atoms with Gasteiger partial charge in [0, 0.05) is 42.8 Å². The lowest BCUT2D eigenvalue weighted by molar-refractivity contribution is 0.220. The number of hydrogen-bond acceptors (Lipinski definition) is 7. The molecule has 0 spiro atoms. The van der Waals surface area contributed by atoms with Crippen LogP contribution in [0.25, 0.3) is 22.1 Å². The number of likely N-dealkylation sites (tertiary alicyclic amines) is 1. The van der Waals surface area contributed by atoms with Crippen LogP contribution >= 0.6 is 0 Å². The molecule has 5 aromatic rings. The monoisotopic (exact) mass is 469 g/mol. The molecule has 4 aromatic heterocycles. The van der Waals surface area contributed by atoms with Gasteiger partial charge in [-0.25, -0.2) is 14.8 Å². The minimum absolute atomic E-state index is 0.232. The Bertz CT molecular complexity index is 1500. The molecule has 0 aliphatic carbocycles. The summed E-state index contributed by atoms with van der Waals surface area (Å²) < 4.78 is 13.1. The second-order valence-corrected chi connectivity index (χ2v) is 9.05. The summed E-state index contributed by atoms with van der Waals surface area (Å²) in [5, 5.41) is 4.62. The Morgan fingerprint density at radius 3 is 2.80 bits per heavy atom. The lowest BCUT2D eigenvalue weighted by Crippen LogP contribution is -2.40. The predicted octanol–water partition coefficient (Wildman–Crippen LogP) is 4.30. The van der Waals surface area contributed by atoms with E-state index >= 15 is 0 Å². The van der Waals surface area contributed by atoms with Crippen LogP contribution in [0.1, 0.15) is 24.2 Å². The van der Waals surface area contributed by atoms with Crippen molar-refractivity contribution in [3.8, 4) is 0 Å². The van der Waals surface area contributed by atoms with Crippen LogP contribution in [0.5, 0.6) is 0 Å². The van der Waals surface area contributed by atoms with E-state index in [0.717, 1.165) is 66.3 Å². The molecule has 0 unspecified atom stereocenters. The zero-order valence-electron chi connectivity index (χ0n) is 19.4. The van der Waals surface area contributed by atoms with Crippen molar-refractivity contribution in [2.75, 3.05) is 25.0 Å². The maximum Gasteiger partial charge on any atom is 0.339 e. The molecule has 0 radical (unpaired) electrons. The molecule has 0 amide bonds. The smallest absolute Gasteiger partial charge is 0.339 e. The SMILES string of the molecule is O=c1oc2ccccc2cc1CCN1CCC(Nc2nc3cccnc3n2Cc2ccco2)CC1. The Hall–Kier alpha value is -3.91. The third kappa shape index (κ3) is 4.57. The minimum Gasteiger partial charge on any atom is -0.467 e. The van der Waals surface area contributed by atoms with E-state index in [2.05, 4.69) is 19.8 Å². The highest BCUT2D eigenvalue weighted by Gasteiger charge is 2.22. The molecular formula is C27H27N5O3. The van der Waals surface area contributed by atoms with Gasteiger partial charge in [-0.05, 0) is 55.7 Å².